The number of rotatable bonds is 5. The number of sulfonamides is 1. The van der Waals surface area contributed by atoms with Crippen LogP contribution in [-0.2, 0) is 21.2 Å². The second kappa shape index (κ2) is 8.73. The fraction of sp³-hybridized carbons (Fsp3) is 0.292. The lowest BCUT2D eigenvalue weighted by Crippen LogP contribution is -2.17. The third kappa shape index (κ3) is 4.23. The number of fused-ring (bicyclic) bond motifs is 2. The van der Waals surface area contributed by atoms with E-state index in [1.54, 1.807) is 37.3 Å². The lowest BCUT2D eigenvalue weighted by molar-refractivity contribution is -0.116. The SMILES string of the molecule is CCc1nn2c(c1-c1ccc(C)c(S(=O)(=O)Nc3ccc4c(c3)OCCO4)c1)NC(=O)CCC2=O. The van der Waals surface area contributed by atoms with Crippen LogP contribution in [-0.4, -0.2) is 43.2 Å². The molecule has 0 radical (unpaired) electrons. The topological polar surface area (TPSA) is 129 Å². The van der Waals surface area contributed by atoms with Crippen LogP contribution in [0.15, 0.2) is 41.3 Å². The molecule has 1 aromatic heterocycles. The molecule has 2 N–H and O–H groups in total. The molecule has 3 heterocycles. The largest absolute Gasteiger partial charge is 0.486 e. The van der Waals surface area contributed by atoms with E-state index in [-0.39, 0.29) is 35.4 Å². The van der Waals surface area contributed by atoms with Crippen LogP contribution in [0.4, 0.5) is 11.5 Å². The fourth-order valence-electron chi connectivity index (χ4n) is 4.19. The van der Waals surface area contributed by atoms with Crippen molar-refractivity contribution in [2.45, 2.75) is 38.0 Å². The van der Waals surface area contributed by atoms with Gasteiger partial charge in [-0.2, -0.15) is 9.78 Å². The molecule has 3 aromatic rings. The number of amides is 1. The fourth-order valence-corrected chi connectivity index (χ4v) is 5.51. The number of hydrogen-bond donors (Lipinski definition) is 2. The maximum atomic E-state index is 13.4. The van der Waals surface area contributed by atoms with Crippen molar-refractivity contribution in [3.05, 3.63) is 47.7 Å². The molecule has 2 aliphatic rings. The van der Waals surface area contributed by atoms with Gasteiger partial charge in [-0.3, -0.25) is 14.3 Å². The first-order valence-electron chi connectivity index (χ1n) is 11.3. The molecule has 11 heteroatoms. The second-order valence-electron chi connectivity index (χ2n) is 8.32. The van der Waals surface area contributed by atoms with E-state index >= 15 is 0 Å². The van der Waals surface area contributed by atoms with Crippen LogP contribution >= 0.6 is 0 Å². The molecule has 0 atom stereocenters. The molecule has 0 unspecified atom stereocenters. The van der Waals surface area contributed by atoms with Crippen molar-refractivity contribution in [1.29, 1.82) is 0 Å². The van der Waals surface area contributed by atoms with Crippen LogP contribution in [0.5, 0.6) is 11.5 Å². The standard InChI is InChI=1S/C24H24N4O6S/c1-3-17-23(24-25-21(29)8-9-22(30)28(24)26-17)15-5-4-14(2)20(12-15)35(31,32)27-16-6-7-18-19(13-16)34-11-10-33-18/h4-7,12-13,27H,3,8-11H2,1-2H3,(H,25,29). The Morgan fingerprint density at radius 1 is 1.06 bits per heavy atom. The molecule has 0 saturated heterocycles. The molecule has 0 saturated carbocycles. The highest BCUT2D eigenvalue weighted by atomic mass is 32.2. The summed E-state index contributed by atoms with van der Waals surface area (Å²) in [6, 6.07) is 9.84. The van der Waals surface area contributed by atoms with Gasteiger partial charge in [-0.05, 0) is 42.7 Å². The number of ether oxygens (including phenoxy) is 2. The van der Waals surface area contributed by atoms with E-state index in [0.717, 1.165) is 0 Å². The van der Waals surface area contributed by atoms with Crippen molar-refractivity contribution in [2.24, 2.45) is 0 Å². The molecule has 2 aromatic carbocycles. The lowest BCUT2D eigenvalue weighted by atomic mass is 10.0. The summed E-state index contributed by atoms with van der Waals surface area (Å²) in [6.07, 6.45) is 0.607. The predicted octanol–water partition coefficient (Wildman–Crippen LogP) is 3.37. The number of hydrogen-bond acceptors (Lipinski definition) is 7. The normalized spacial score (nSPS) is 15.3. The minimum absolute atomic E-state index is 0.0517. The van der Waals surface area contributed by atoms with E-state index in [4.69, 9.17) is 9.47 Å². The number of aryl methyl sites for hydroxylation is 2. The molecule has 5 rings (SSSR count). The summed E-state index contributed by atoms with van der Waals surface area (Å²) in [7, 11) is -3.98. The molecular weight excluding hydrogens is 472 g/mol. The number of carbonyl (C=O) groups excluding carboxylic acids is 2. The van der Waals surface area contributed by atoms with Gasteiger partial charge in [0.05, 0.1) is 16.3 Å². The van der Waals surface area contributed by atoms with Crippen LogP contribution in [0.25, 0.3) is 11.1 Å². The van der Waals surface area contributed by atoms with Crippen molar-refractivity contribution in [3.8, 4) is 22.6 Å². The minimum atomic E-state index is -3.98. The zero-order valence-electron chi connectivity index (χ0n) is 19.3. The van der Waals surface area contributed by atoms with Gasteiger partial charge in [0.15, 0.2) is 11.5 Å². The van der Waals surface area contributed by atoms with Gasteiger partial charge in [-0.1, -0.05) is 19.1 Å². The zero-order valence-corrected chi connectivity index (χ0v) is 20.1. The first-order valence-corrected chi connectivity index (χ1v) is 12.7. The van der Waals surface area contributed by atoms with Crippen LogP contribution in [0.2, 0.25) is 0 Å². The summed E-state index contributed by atoms with van der Waals surface area (Å²) in [5, 5.41) is 7.17. The van der Waals surface area contributed by atoms with Crippen molar-refractivity contribution < 1.29 is 27.5 Å². The van der Waals surface area contributed by atoms with Crippen LogP contribution in [0.1, 0.15) is 35.8 Å². The number of benzene rings is 2. The third-order valence-electron chi connectivity index (χ3n) is 5.91. The molecule has 2 aliphatic heterocycles. The number of carbonyl (C=O) groups is 2. The van der Waals surface area contributed by atoms with Gasteiger partial charge in [0.2, 0.25) is 11.8 Å². The molecule has 35 heavy (non-hydrogen) atoms. The summed E-state index contributed by atoms with van der Waals surface area (Å²) in [5.74, 6) is 0.711. The Kier molecular flexibility index (Phi) is 5.72. The molecule has 0 fully saturated rings. The second-order valence-corrected chi connectivity index (χ2v) is 9.97. The van der Waals surface area contributed by atoms with Gasteiger partial charge < -0.3 is 14.8 Å². The smallest absolute Gasteiger partial charge is 0.262 e. The number of nitrogens with one attached hydrogen (secondary N) is 2. The first kappa shape index (κ1) is 22.9. The minimum Gasteiger partial charge on any atom is -0.486 e. The monoisotopic (exact) mass is 496 g/mol. The highest BCUT2D eigenvalue weighted by Crippen LogP contribution is 2.37. The van der Waals surface area contributed by atoms with Crippen LogP contribution in [0.3, 0.4) is 0 Å². The Bertz CT molecular complexity index is 1460. The van der Waals surface area contributed by atoms with Gasteiger partial charge >= 0.3 is 0 Å². The molecule has 0 aliphatic carbocycles. The molecular formula is C24H24N4O6S. The Morgan fingerprint density at radius 3 is 2.60 bits per heavy atom. The molecule has 1 amide bonds. The van der Waals surface area contributed by atoms with Crippen LogP contribution in [0, 0.1) is 6.92 Å². The Balaban J connectivity index is 1.56. The van der Waals surface area contributed by atoms with E-state index in [1.807, 2.05) is 6.92 Å². The number of anilines is 2. The first-order chi connectivity index (χ1) is 16.8. The van der Waals surface area contributed by atoms with Gasteiger partial charge in [-0.15, -0.1) is 0 Å². The van der Waals surface area contributed by atoms with E-state index in [2.05, 4.69) is 15.1 Å². The average Bonchev–Trinajstić information content (AvgIpc) is 3.13. The molecule has 182 valence electrons. The third-order valence-corrected chi connectivity index (χ3v) is 7.44. The highest BCUT2D eigenvalue weighted by molar-refractivity contribution is 7.92. The van der Waals surface area contributed by atoms with Gasteiger partial charge in [0.25, 0.3) is 10.0 Å². The molecule has 0 bridgehead atoms. The Morgan fingerprint density at radius 2 is 1.83 bits per heavy atom. The van der Waals surface area contributed by atoms with Crippen molar-refractivity contribution in [3.63, 3.8) is 0 Å². The van der Waals surface area contributed by atoms with E-state index < -0.39 is 10.0 Å². The van der Waals surface area contributed by atoms with Crippen molar-refractivity contribution in [2.75, 3.05) is 23.3 Å². The highest BCUT2D eigenvalue weighted by Gasteiger charge is 2.28. The molecule has 10 nitrogen and oxygen atoms in total. The maximum Gasteiger partial charge on any atom is 0.262 e. The Labute approximate surface area is 202 Å². The summed E-state index contributed by atoms with van der Waals surface area (Å²) in [4.78, 5) is 24.8. The lowest BCUT2D eigenvalue weighted by Gasteiger charge is -2.19. The average molecular weight is 497 g/mol. The molecule has 0 spiro atoms. The zero-order chi connectivity index (χ0) is 24.7. The van der Waals surface area contributed by atoms with Crippen molar-refractivity contribution in [1.82, 2.24) is 9.78 Å². The van der Waals surface area contributed by atoms with Crippen molar-refractivity contribution >= 4 is 33.3 Å². The van der Waals surface area contributed by atoms with Gasteiger partial charge in [0.1, 0.15) is 19.0 Å². The maximum absolute atomic E-state index is 13.4. The van der Waals surface area contributed by atoms with E-state index in [1.165, 1.54) is 10.7 Å². The number of nitrogens with zero attached hydrogens (tertiary/aromatic N) is 2. The Hall–Kier alpha value is -3.86. The number of aromatic nitrogens is 2. The summed E-state index contributed by atoms with van der Waals surface area (Å²) >= 11 is 0. The van der Waals surface area contributed by atoms with Gasteiger partial charge in [0, 0.05) is 24.5 Å². The van der Waals surface area contributed by atoms with E-state index in [0.29, 0.717) is 59.2 Å². The van der Waals surface area contributed by atoms with Gasteiger partial charge in [-0.25, -0.2) is 8.42 Å². The predicted molar refractivity (Wildman–Crippen MR) is 129 cm³/mol. The summed E-state index contributed by atoms with van der Waals surface area (Å²) < 4.78 is 41.6. The summed E-state index contributed by atoms with van der Waals surface area (Å²) in [5.41, 5.74) is 2.53. The quantitative estimate of drug-likeness (QED) is 0.554. The van der Waals surface area contributed by atoms with Crippen LogP contribution < -0.4 is 19.5 Å². The van der Waals surface area contributed by atoms with E-state index in [9.17, 15) is 18.0 Å². The summed E-state index contributed by atoms with van der Waals surface area (Å²) in [6.45, 7) is 4.41.